The summed E-state index contributed by atoms with van der Waals surface area (Å²) in [5.41, 5.74) is 1.15. The molecule has 2 fully saturated rings. The summed E-state index contributed by atoms with van der Waals surface area (Å²) < 4.78 is 5.42. The van der Waals surface area contributed by atoms with Gasteiger partial charge < -0.3 is 14.7 Å². The van der Waals surface area contributed by atoms with E-state index in [9.17, 15) is 9.90 Å². The number of amides is 1. The number of para-hydroxylation sites is 1. The molecule has 1 saturated carbocycles. The van der Waals surface area contributed by atoms with Gasteiger partial charge in [-0.05, 0) is 30.9 Å². The van der Waals surface area contributed by atoms with Gasteiger partial charge in [0.2, 0.25) is 5.91 Å². The van der Waals surface area contributed by atoms with Gasteiger partial charge >= 0.3 is 0 Å². The Morgan fingerprint density at radius 1 is 1.30 bits per heavy atom. The summed E-state index contributed by atoms with van der Waals surface area (Å²) in [5, 5.41) is 9.45. The Labute approximate surface area is 137 Å². The average Bonchev–Trinajstić information content (AvgIpc) is 3.35. The highest BCUT2D eigenvalue weighted by molar-refractivity contribution is 5.83. The Kier molecular flexibility index (Phi) is 4.87. The van der Waals surface area contributed by atoms with Crippen molar-refractivity contribution in [1.29, 1.82) is 0 Å². The minimum Gasteiger partial charge on any atom is -0.496 e. The number of carbonyl (C=O) groups excluding carboxylic acids is 1. The minimum absolute atomic E-state index is 0.106. The summed E-state index contributed by atoms with van der Waals surface area (Å²) in [6, 6.07) is 8.00. The van der Waals surface area contributed by atoms with E-state index in [1.165, 1.54) is 0 Å². The van der Waals surface area contributed by atoms with E-state index < -0.39 is 0 Å². The van der Waals surface area contributed by atoms with Crippen LogP contribution in [0.2, 0.25) is 0 Å². The molecular formula is C18H26N2O3. The first-order chi connectivity index (χ1) is 11.1. The normalized spacial score (nSPS) is 26.0. The largest absolute Gasteiger partial charge is 0.496 e. The summed E-state index contributed by atoms with van der Waals surface area (Å²) in [4.78, 5) is 16.9. The Hall–Kier alpha value is -1.59. The van der Waals surface area contributed by atoms with Crippen LogP contribution < -0.4 is 4.74 Å². The third kappa shape index (κ3) is 3.67. The van der Waals surface area contributed by atoms with Crippen molar-refractivity contribution in [2.45, 2.75) is 25.4 Å². The fourth-order valence-corrected chi connectivity index (χ4v) is 3.54. The highest BCUT2D eigenvalue weighted by Gasteiger charge is 2.47. The standard InChI is InChI=1S/C18H26N2O3/c1-13(21)12-19-7-9-20(10-8-19)18(22)16-11-15(16)14-5-3-4-6-17(14)23-2/h3-6,13,15-16,21H,7-12H2,1-2H3. The topological polar surface area (TPSA) is 53.0 Å². The fraction of sp³-hybridized carbons (Fsp3) is 0.611. The molecule has 5 nitrogen and oxygen atoms in total. The molecule has 1 amide bonds. The molecule has 1 aromatic carbocycles. The molecule has 3 atom stereocenters. The van der Waals surface area contributed by atoms with Crippen molar-refractivity contribution in [3.63, 3.8) is 0 Å². The predicted molar refractivity (Wildman–Crippen MR) is 88.5 cm³/mol. The molecule has 0 radical (unpaired) electrons. The number of rotatable bonds is 5. The third-order valence-electron chi connectivity index (χ3n) is 4.85. The number of carbonyl (C=O) groups is 1. The Morgan fingerprint density at radius 3 is 2.65 bits per heavy atom. The van der Waals surface area contributed by atoms with Crippen molar-refractivity contribution in [3.05, 3.63) is 29.8 Å². The maximum atomic E-state index is 12.7. The first kappa shape index (κ1) is 16.3. The lowest BCUT2D eigenvalue weighted by molar-refractivity contribution is -0.134. The van der Waals surface area contributed by atoms with Gasteiger partial charge in [0.1, 0.15) is 5.75 Å². The molecule has 1 N–H and O–H groups in total. The van der Waals surface area contributed by atoms with Gasteiger partial charge in [0.25, 0.3) is 0 Å². The number of hydrogen-bond acceptors (Lipinski definition) is 4. The summed E-state index contributed by atoms with van der Waals surface area (Å²) in [5.74, 6) is 1.57. The zero-order chi connectivity index (χ0) is 16.4. The van der Waals surface area contributed by atoms with Crippen molar-refractivity contribution >= 4 is 5.91 Å². The number of benzene rings is 1. The van der Waals surface area contributed by atoms with Gasteiger partial charge in [0, 0.05) is 38.6 Å². The Balaban J connectivity index is 1.55. The highest BCUT2D eigenvalue weighted by Crippen LogP contribution is 2.51. The van der Waals surface area contributed by atoms with Gasteiger partial charge in [0.05, 0.1) is 13.2 Å². The zero-order valence-corrected chi connectivity index (χ0v) is 13.9. The summed E-state index contributed by atoms with van der Waals surface area (Å²) in [6.45, 7) is 5.72. The maximum Gasteiger partial charge on any atom is 0.226 e. The fourth-order valence-electron chi connectivity index (χ4n) is 3.54. The van der Waals surface area contributed by atoms with Crippen LogP contribution in [0, 0.1) is 5.92 Å². The molecule has 2 aliphatic rings. The van der Waals surface area contributed by atoms with E-state index in [1.807, 2.05) is 23.1 Å². The summed E-state index contributed by atoms with van der Waals surface area (Å²) in [7, 11) is 1.68. The maximum absolute atomic E-state index is 12.7. The molecule has 1 aliphatic carbocycles. The first-order valence-corrected chi connectivity index (χ1v) is 8.42. The van der Waals surface area contributed by atoms with Crippen LogP contribution in [0.1, 0.15) is 24.8 Å². The lowest BCUT2D eigenvalue weighted by atomic mass is 10.1. The van der Waals surface area contributed by atoms with Gasteiger partial charge in [-0.1, -0.05) is 18.2 Å². The van der Waals surface area contributed by atoms with Crippen molar-refractivity contribution in [1.82, 2.24) is 9.80 Å². The second-order valence-corrected chi connectivity index (χ2v) is 6.67. The van der Waals surface area contributed by atoms with Gasteiger partial charge in [-0.2, -0.15) is 0 Å². The molecule has 23 heavy (non-hydrogen) atoms. The molecule has 3 rings (SSSR count). The number of aliphatic hydroxyl groups excluding tert-OH is 1. The molecule has 0 spiro atoms. The second-order valence-electron chi connectivity index (χ2n) is 6.67. The van der Waals surface area contributed by atoms with E-state index in [-0.39, 0.29) is 17.9 Å². The predicted octanol–water partition coefficient (Wildman–Crippen LogP) is 1.32. The quantitative estimate of drug-likeness (QED) is 0.890. The molecular weight excluding hydrogens is 292 g/mol. The first-order valence-electron chi connectivity index (χ1n) is 8.42. The molecule has 1 aromatic rings. The van der Waals surface area contributed by atoms with Crippen LogP contribution in [0.3, 0.4) is 0 Å². The molecule has 5 heteroatoms. The minimum atomic E-state index is -0.310. The van der Waals surface area contributed by atoms with E-state index in [0.29, 0.717) is 12.5 Å². The number of β-amino-alcohol motifs (C(OH)–C–C–N with tert-alkyl or cyclic N) is 1. The lowest BCUT2D eigenvalue weighted by Gasteiger charge is -2.35. The number of piperazine rings is 1. The highest BCUT2D eigenvalue weighted by atomic mass is 16.5. The van der Waals surface area contributed by atoms with Gasteiger partial charge in [0.15, 0.2) is 0 Å². The van der Waals surface area contributed by atoms with Crippen LogP contribution in [0.15, 0.2) is 24.3 Å². The smallest absolute Gasteiger partial charge is 0.226 e. The van der Waals surface area contributed by atoms with Gasteiger partial charge in [-0.25, -0.2) is 0 Å². The molecule has 3 unspecified atom stereocenters. The van der Waals surface area contributed by atoms with E-state index in [4.69, 9.17) is 4.74 Å². The van der Waals surface area contributed by atoms with Crippen LogP contribution in [-0.2, 0) is 4.79 Å². The SMILES string of the molecule is COc1ccccc1C1CC1C(=O)N1CCN(CC(C)O)CC1. The lowest BCUT2D eigenvalue weighted by Crippen LogP contribution is -2.50. The number of nitrogens with zero attached hydrogens (tertiary/aromatic N) is 2. The average molecular weight is 318 g/mol. The van der Waals surface area contributed by atoms with Gasteiger partial charge in [-0.3, -0.25) is 9.69 Å². The van der Waals surface area contributed by atoms with E-state index in [2.05, 4.69) is 11.0 Å². The molecule has 0 aromatic heterocycles. The van der Waals surface area contributed by atoms with Crippen molar-refractivity contribution in [2.24, 2.45) is 5.92 Å². The monoisotopic (exact) mass is 318 g/mol. The van der Waals surface area contributed by atoms with Crippen molar-refractivity contribution in [3.8, 4) is 5.75 Å². The number of methoxy groups -OCH3 is 1. The summed E-state index contributed by atoms with van der Waals surface area (Å²) in [6.07, 6.45) is 0.614. The summed E-state index contributed by atoms with van der Waals surface area (Å²) >= 11 is 0. The van der Waals surface area contributed by atoms with Crippen molar-refractivity contribution in [2.75, 3.05) is 39.8 Å². The number of hydrogen-bond donors (Lipinski definition) is 1. The molecule has 126 valence electrons. The van der Waals surface area contributed by atoms with Crippen LogP contribution in [-0.4, -0.2) is 66.8 Å². The third-order valence-corrected chi connectivity index (χ3v) is 4.85. The second kappa shape index (κ2) is 6.89. The van der Waals surface area contributed by atoms with Gasteiger partial charge in [-0.15, -0.1) is 0 Å². The van der Waals surface area contributed by atoms with E-state index >= 15 is 0 Å². The molecule has 1 heterocycles. The van der Waals surface area contributed by atoms with Crippen molar-refractivity contribution < 1.29 is 14.6 Å². The molecule has 1 aliphatic heterocycles. The van der Waals surface area contributed by atoms with Crippen LogP contribution >= 0.6 is 0 Å². The van der Waals surface area contributed by atoms with Crippen LogP contribution in [0.25, 0.3) is 0 Å². The number of ether oxygens (including phenoxy) is 1. The molecule has 0 bridgehead atoms. The zero-order valence-electron chi connectivity index (χ0n) is 13.9. The number of aliphatic hydroxyl groups is 1. The molecule has 1 saturated heterocycles. The van der Waals surface area contributed by atoms with Crippen LogP contribution in [0.5, 0.6) is 5.75 Å². The van der Waals surface area contributed by atoms with Crippen LogP contribution in [0.4, 0.5) is 0 Å². The van der Waals surface area contributed by atoms with E-state index in [1.54, 1.807) is 14.0 Å². The Bertz CT molecular complexity index is 553. The Morgan fingerprint density at radius 2 is 2.00 bits per heavy atom. The van der Waals surface area contributed by atoms with E-state index in [0.717, 1.165) is 43.9 Å².